The third kappa shape index (κ3) is 12.8. The first-order valence-electron chi connectivity index (χ1n) is 10.0. The summed E-state index contributed by atoms with van der Waals surface area (Å²) in [5.41, 5.74) is 1.32. The van der Waals surface area contributed by atoms with Crippen molar-refractivity contribution in [3.8, 4) is 0 Å². The van der Waals surface area contributed by atoms with E-state index in [0.29, 0.717) is 4.71 Å². The van der Waals surface area contributed by atoms with Crippen LogP contribution >= 0.6 is 0 Å². The first-order chi connectivity index (χ1) is 10.6. The average molecular weight is 301 g/mol. The molecule has 2 heteroatoms. The van der Waals surface area contributed by atoms with Crippen LogP contribution in [0.1, 0.15) is 97.8 Å². The molecule has 0 rings (SSSR count). The summed E-state index contributed by atoms with van der Waals surface area (Å²) in [7, 11) is 0. The second-order valence-electron chi connectivity index (χ2n) is 7.09. The van der Waals surface area contributed by atoms with Crippen molar-refractivity contribution in [3.63, 3.8) is 0 Å². The zero-order chi connectivity index (χ0) is 16.6. The fourth-order valence-electron chi connectivity index (χ4n) is 3.00. The van der Waals surface area contributed by atoms with Crippen LogP contribution < -0.4 is 0 Å². The molecular formula is C20H40LiN. The standard InChI is InChI=1S/C20H40N.Li/c1-5-7-9-11-13-15-17-21(19-20(3)4)18-16-14-12-10-8-6-2;/h19H,3,5-18H2,1-2,4H3;. The van der Waals surface area contributed by atoms with Crippen molar-refractivity contribution in [2.24, 2.45) is 0 Å². The van der Waals surface area contributed by atoms with Crippen molar-refractivity contribution < 1.29 is 0 Å². The Hall–Kier alpha value is 0.297. The number of hydrogen-bond acceptors (Lipinski definition) is 1. The van der Waals surface area contributed by atoms with Gasteiger partial charge in [-0.05, 0) is 0 Å². The summed E-state index contributed by atoms with van der Waals surface area (Å²) in [5.74, 6) is 0. The molecule has 0 N–H and O–H groups in total. The van der Waals surface area contributed by atoms with E-state index in [2.05, 4.69) is 50.0 Å². The molecule has 1 unspecified atom stereocenters. The van der Waals surface area contributed by atoms with Crippen LogP contribution in [-0.4, -0.2) is 40.4 Å². The molecular weight excluding hydrogens is 261 g/mol. The molecule has 0 aliphatic rings. The summed E-state index contributed by atoms with van der Waals surface area (Å²) in [4.78, 5) is 2.67. The Morgan fingerprint density at radius 1 is 0.773 bits per heavy atom. The third-order valence-electron chi connectivity index (χ3n) is 4.86. The van der Waals surface area contributed by atoms with Crippen LogP contribution in [0.4, 0.5) is 0 Å². The van der Waals surface area contributed by atoms with E-state index in [-0.39, 0.29) is 0 Å². The summed E-state index contributed by atoms with van der Waals surface area (Å²) in [5, 5.41) is 0. The van der Waals surface area contributed by atoms with Gasteiger partial charge in [0.25, 0.3) is 0 Å². The van der Waals surface area contributed by atoms with Crippen LogP contribution in [0, 0.1) is 0 Å². The monoisotopic (exact) mass is 301 g/mol. The van der Waals surface area contributed by atoms with Gasteiger partial charge in [-0.2, -0.15) is 0 Å². The Morgan fingerprint density at radius 3 is 1.50 bits per heavy atom. The van der Waals surface area contributed by atoms with Crippen LogP contribution in [0.3, 0.4) is 0 Å². The molecule has 0 fully saturated rings. The van der Waals surface area contributed by atoms with E-state index in [1.165, 1.54) is 95.7 Å². The van der Waals surface area contributed by atoms with E-state index in [0.717, 1.165) is 0 Å². The Morgan fingerprint density at radius 2 is 1.14 bits per heavy atom. The van der Waals surface area contributed by atoms with E-state index in [4.69, 9.17) is 0 Å². The van der Waals surface area contributed by atoms with Crippen molar-refractivity contribution in [2.45, 2.75) is 103 Å². The van der Waals surface area contributed by atoms with Gasteiger partial charge in [0, 0.05) is 0 Å². The zero-order valence-corrected chi connectivity index (χ0v) is 16.1. The molecule has 1 nitrogen and oxygen atoms in total. The second-order valence-corrected chi connectivity index (χ2v) is 7.09. The Balaban J connectivity index is 3.88. The molecule has 0 spiro atoms. The first-order valence-corrected chi connectivity index (χ1v) is 10.0. The molecule has 0 bridgehead atoms. The van der Waals surface area contributed by atoms with Crippen molar-refractivity contribution in [2.75, 3.05) is 13.1 Å². The van der Waals surface area contributed by atoms with Crippen LogP contribution in [0.5, 0.6) is 0 Å². The number of rotatable bonds is 16. The van der Waals surface area contributed by atoms with Gasteiger partial charge in [-0.3, -0.25) is 0 Å². The number of hydrogen-bond donors (Lipinski definition) is 0. The molecule has 0 heterocycles. The minimum atomic E-state index is 0.547. The van der Waals surface area contributed by atoms with Crippen molar-refractivity contribution in [1.29, 1.82) is 0 Å². The van der Waals surface area contributed by atoms with Crippen molar-refractivity contribution in [3.05, 3.63) is 12.2 Å². The summed E-state index contributed by atoms with van der Waals surface area (Å²) < 4.78 is 0.547. The van der Waals surface area contributed by atoms with Gasteiger partial charge in [-0.15, -0.1) is 0 Å². The molecule has 0 saturated carbocycles. The SMILES string of the molecule is [Li][CH](C(=C)C)N(CCCCCCCC)CCCCCCCC. The molecule has 0 aliphatic carbocycles. The molecule has 0 radical (unpaired) electrons. The summed E-state index contributed by atoms with van der Waals surface area (Å²) in [6.45, 7) is 13.4. The predicted molar refractivity (Wildman–Crippen MR) is 103 cm³/mol. The molecule has 0 aromatic carbocycles. The third-order valence-corrected chi connectivity index (χ3v) is 4.86. The van der Waals surface area contributed by atoms with Crippen LogP contribution in [-0.2, 0) is 0 Å². The molecule has 126 valence electrons. The summed E-state index contributed by atoms with van der Waals surface area (Å²) in [6, 6.07) is 0. The maximum atomic E-state index is 4.17. The van der Waals surface area contributed by atoms with Gasteiger partial charge in [0.15, 0.2) is 0 Å². The topological polar surface area (TPSA) is 3.24 Å². The molecule has 1 atom stereocenters. The average Bonchev–Trinajstić information content (AvgIpc) is 2.51. The predicted octanol–water partition coefficient (Wildman–Crippen LogP) is 6.08. The molecule has 0 saturated heterocycles. The first kappa shape index (κ1) is 22.3. The zero-order valence-electron chi connectivity index (χ0n) is 16.1. The molecule has 0 aromatic rings. The van der Waals surface area contributed by atoms with E-state index in [9.17, 15) is 0 Å². The Bertz CT molecular complexity index is 236. The molecule has 0 amide bonds. The van der Waals surface area contributed by atoms with E-state index >= 15 is 0 Å². The number of unbranched alkanes of at least 4 members (excludes halogenated alkanes) is 10. The summed E-state index contributed by atoms with van der Waals surface area (Å²) >= 11 is 2.33. The van der Waals surface area contributed by atoms with Gasteiger partial charge in [0.05, 0.1) is 0 Å². The Kier molecular flexibility index (Phi) is 16.4. The van der Waals surface area contributed by atoms with E-state index < -0.39 is 0 Å². The normalized spacial score (nSPS) is 12.8. The minimum absolute atomic E-state index is 0.547. The van der Waals surface area contributed by atoms with Gasteiger partial charge in [-0.25, -0.2) is 0 Å². The van der Waals surface area contributed by atoms with E-state index in [1.54, 1.807) is 0 Å². The van der Waals surface area contributed by atoms with E-state index in [1.807, 2.05) is 0 Å². The molecule has 0 aromatic heterocycles. The summed E-state index contributed by atoms with van der Waals surface area (Å²) in [6.07, 6.45) is 16.7. The fourth-order valence-corrected chi connectivity index (χ4v) is 3.00. The Labute approximate surface area is 150 Å². The van der Waals surface area contributed by atoms with Gasteiger partial charge in [0.1, 0.15) is 0 Å². The molecule has 0 aliphatic heterocycles. The van der Waals surface area contributed by atoms with Gasteiger partial charge >= 0.3 is 150 Å². The van der Waals surface area contributed by atoms with Crippen molar-refractivity contribution in [1.82, 2.24) is 4.90 Å². The second kappa shape index (κ2) is 16.2. The fraction of sp³-hybridized carbons (Fsp3) is 0.900. The molecule has 22 heavy (non-hydrogen) atoms. The number of nitrogens with zero attached hydrogens (tertiary/aromatic N) is 1. The van der Waals surface area contributed by atoms with Crippen LogP contribution in [0.2, 0.25) is 0 Å². The van der Waals surface area contributed by atoms with Crippen molar-refractivity contribution >= 4 is 17.7 Å². The van der Waals surface area contributed by atoms with Crippen LogP contribution in [0.25, 0.3) is 0 Å². The maximum absolute atomic E-state index is 4.17. The quantitative estimate of drug-likeness (QED) is 0.190. The van der Waals surface area contributed by atoms with Gasteiger partial charge in [-0.1, -0.05) is 0 Å². The van der Waals surface area contributed by atoms with Crippen LogP contribution in [0.15, 0.2) is 12.2 Å². The van der Waals surface area contributed by atoms with Gasteiger partial charge < -0.3 is 0 Å². The van der Waals surface area contributed by atoms with Gasteiger partial charge in [0.2, 0.25) is 0 Å².